The molecule has 1 amide bonds. The molecule has 4 heterocycles. The van der Waals surface area contributed by atoms with Crippen LogP contribution in [-0.2, 0) is 0 Å². The van der Waals surface area contributed by atoms with Crippen molar-refractivity contribution in [3.8, 4) is 11.5 Å². The topological polar surface area (TPSA) is 112 Å². The molecular formula is C18H15N5O3. The molecule has 0 unspecified atom stereocenters. The van der Waals surface area contributed by atoms with Crippen molar-refractivity contribution in [2.75, 3.05) is 12.8 Å². The number of amides is 1. The summed E-state index contributed by atoms with van der Waals surface area (Å²) in [5.41, 5.74) is 8.36. The summed E-state index contributed by atoms with van der Waals surface area (Å²) in [5, 5.41) is 11.2. The molecular weight excluding hydrogens is 334 g/mol. The Kier molecular flexibility index (Phi) is 3.47. The monoisotopic (exact) mass is 349 g/mol. The largest absolute Gasteiger partial charge is 0.619 e. The van der Waals surface area contributed by atoms with E-state index in [2.05, 4.69) is 9.97 Å². The summed E-state index contributed by atoms with van der Waals surface area (Å²) in [6.45, 7) is 1.81. The van der Waals surface area contributed by atoms with Crippen molar-refractivity contribution in [1.29, 1.82) is 0 Å². The summed E-state index contributed by atoms with van der Waals surface area (Å²) in [6.07, 6.45) is 4.54. The lowest BCUT2D eigenvalue weighted by atomic mass is 10.1. The van der Waals surface area contributed by atoms with E-state index in [0.29, 0.717) is 38.9 Å². The highest BCUT2D eigenvalue weighted by molar-refractivity contribution is 6.13. The molecule has 0 fully saturated rings. The quantitative estimate of drug-likeness (QED) is 0.558. The van der Waals surface area contributed by atoms with Crippen molar-refractivity contribution >= 4 is 23.6 Å². The van der Waals surface area contributed by atoms with Gasteiger partial charge in [0.1, 0.15) is 17.1 Å². The number of aryl methyl sites for hydroxylation is 1. The molecule has 0 spiro atoms. The molecule has 0 atom stereocenters. The fourth-order valence-electron chi connectivity index (χ4n) is 2.89. The smallest absolute Gasteiger partial charge is 0.262 e. The number of nitrogen functional groups attached to an aromatic ring is 1. The molecule has 0 aliphatic carbocycles. The van der Waals surface area contributed by atoms with E-state index < -0.39 is 0 Å². The van der Waals surface area contributed by atoms with Gasteiger partial charge in [-0.25, -0.2) is 9.97 Å². The molecule has 0 saturated carbocycles. The van der Waals surface area contributed by atoms with Gasteiger partial charge in [0.15, 0.2) is 18.2 Å². The Morgan fingerprint density at radius 1 is 1.19 bits per heavy atom. The fourth-order valence-corrected chi connectivity index (χ4v) is 2.89. The van der Waals surface area contributed by atoms with E-state index in [1.807, 2.05) is 6.92 Å². The molecule has 0 bridgehead atoms. The van der Waals surface area contributed by atoms with Crippen LogP contribution >= 0.6 is 0 Å². The van der Waals surface area contributed by atoms with Crippen LogP contribution in [0.4, 0.5) is 5.95 Å². The maximum absolute atomic E-state index is 12.8. The summed E-state index contributed by atoms with van der Waals surface area (Å²) in [5.74, 6) is 0.969. The van der Waals surface area contributed by atoms with Gasteiger partial charge in [-0.2, -0.15) is 4.73 Å². The molecule has 130 valence electrons. The first-order valence-corrected chi connectivity index (χ1v) is 7.87. The van der Waals surface area contributed by atoms with Gasteiger partial charge in [0, 0.05) is 19.2 Å². The number of aromatic nitrogens is 3. The van der Waals surface area contributed by atoms with E-state index in [4.69, 9.17) is 10.2 Å². The van der Waals surface area contributed by atoms with Gasteiger partial charge >= 0.3 is 0 Å². The zero-order valence-electron chi connectivity index (χ0n) is 14.1. The van der Waals surface area contributed by atoms with Crippen molar-refractivity contribution in [3.05, 3.63) is 64.4 Å². The van der Waals surface area contributed by atoms with E-state index in [9.17, 15) is 10.0 Å². The lowest BCUT2D eigenvalue weighted by molar-refractivity contribution is -0.605. The highest BCUT2D eigenvalue weighted by atomic mass is 16.5. The van der Waals surface area contributed by atoms with Crippen LogP contribution < -0.4 is 10.5 Å². The van der Waals surface area contributed by atoms with Crippen molar-refractivity contribution in [1.82, 2.24) is 14.9 Å². The predicted octanol–water partition coefficient (Wildman–Crippen LogP) is 1.84. The third-order valence-corrected chi connectivity index (χ3v) is 4.15. The second-order valence-electron chi connectivity index (χ2n) is 5.95. The van der Waals surface area contributed by atoms with Crippen molar-refractivity contribution in [2.45, 2.75) is 6.92 Å². The Morgan fingerprint density at radius 3 is 2.54 bits per heavy atom. The molecule has 1 aliphatic heterocycles. The molecule has 0 aromatic carbocycles. The number of nitrogens with zero attached hydrogens (tertiary/aromatic N) is 4. The van der Waals surface area contributed by atoms with Crippen LogP contribution in [-0.4, -0.2) is 27.8 Å². The van der Waals surface area contributed by atoms with Crippen molar-refractivity contribution < 1.29 is 13.9 Å². The number of hydrogen-bond acceptors (Lipinski definition) is 6. The average Bonchev–Trinajstić information content (AvgIpc) is 3.14. The minimum atomic E-state index is -0.245. The number of fused-ring (bicyclic) bond motifs is 1. The summed E-state index contributed by atoms with van der Waals surface area (Å²) in [7, 11) is 1.65. The first-order valence-electron chi connectivity index (χ1n) is 7.87. The molecule has 4 rings (SSSR count). The van der Waals surface area contributed by atoms with Crippen LogP contribution in [0.2, 0.25) is 0 Å². The van der Waals surface area contributed by atoms with Crippen LogP contribution in [0.3, 0.4) is 0 Å². The van der Waals surface area contributed by atoms with Gasteiger partial charge in [0.25, 0.3) is 5.91 Å². The van der Waals surface area contributed by atoms with Crippen LogP contribution in [0.1, 0.15) is 27.4 Å². The molecule has 2 N–H and O–H groups in total. The average molecular weight is 349 g/mol. The fraction of sp³-hybridized carbons (Fsp3) is 0.111. The third kappa shape index (κ3) is 2.48. The van der Waals surface area contributed by atoms with Gasteiger partial charge in [0.05, 0.1) is 11.3 Å². The number of carbonyl (C=O) groups excluding carboxylic acids is 1. The number of rotatable bonds is 2. The van der Waals surface area contributed by atoms with Gasteiger partial charge in [-0.15, -0.1) is 0 Å². The molecule has 8 nitrogen and oxygen atoms in total. The Hall–Kier alpha value is -3.68. The van der Waals surface area contributed by atoms with Crippen LogP contribution in [0.15, 0.2) is 41.1 Å². The van der Waals surface area contributed by atoms with E-state index in [0.717, 1.165) is 5.56 Å². The first-order chi connectivity index (χ1) is 12.4. The number of furan rings is 1. The predicted molar refractivity (Wildman–Crippen MR) is 94.2 cm³/mol. The summed E-state index contributed by atoms with van der Waals surface area (Å²) in [6, 6.07) is 6.84. The maximum Gasteiger partial charge on any atom is 0.262 e. The second kappa shape index (κ2) is 5.69. The SMILES string of the molecule is Cc1ccc(-c2nc(N)nc3c2C(=O)N(C)C3=Cc2cc[n+]([O-])cc2)o1. The normalized spacial score (nSPS) is 14.9. The minimum absolute atomic E-state index is 0.0484. The summed E-state index contributed by atoms with van der Waals surface area (Å²) >= 11 is 0. The van der Waals surface area contributed by atoms with Gasteiger partial charge in [-0.05, 0) is 30.7 Å². The second-order valence-corrected chi connectivity index (χ2v) is 5.95. The zero-order valence-corrected chi connectivity index (χ0v) is 14.1. The zero-order chi connectivity index (χ0) is 18.4. The lowest BCUT2D eigenvalue weighted by Gasteiger charge is -2.10. The molecule has 1 aliphatic rings. The summed E-state index contributed by atoms with van der Waals surface area (Å²) in [4.78, 5) is 22.8. The Morgan fingerprint density at radius 2 is 1.88 bits per heavy atom. The van der Waals surface area contributed by atoms with Crippen LogP contribution in [0.5, 0.6) is 0 Å². The van der Waals surface area contributed by atoms with Crippen LogP contribution in [0.25, 0.3) is 23.2 Å². The molecule has 3 aromatic rings. The molecule has 26 heavy (non-hydrogen) atoms. The minimum Gasteiger partial charge on any atom is -0.619 e. The van der Waals surface area contributed by atoms with Crippen LogP contribution in [0, 0.1) is 12.1 Å². The number of hydrogen-bond donors (Lipinski definition) is 1. The Balaban J connectivity index is 1.92. The van der Waals surface area contributed by atoms with Crippen molar-refractivity contribution in [3.63, 3.8) is 0 Å². The molecule has 8 heteroatoms. The van der Waals surface area contributed by atoms with Gasteiger partial charge in [-0.3, -0.25) is 4.79 Å². The van der Waals surface area contributed by atoms with E-state index in [1.165, 1.54) is 17.3 Å². The van der Waals surface area contributed by atoms with Gasteiger partial charge < -0.3 is 20.3 Å². The highest BCUT2D eigenvalue weighted by Crippen LogP contribution is 2.37. The van der Waals surface area contributed by atoms with E-state index >= 15 is 0 Å². The van der Waals surface area contributed by atoms with E-state index in [-0.39, 0.29) is 11.9 Å². The number of pyridine rings is 1. The van der Waals surface area contributed by atoms with Gasteiger partial charge in [0.2, 0.25) is 5.95 Å². The Bertz CT molecular complexity index is 1050. The van der Waals surface area contributed by atoms with E-state index in [1.54, 1.807) is 37.4 Å². The third-order valence-electron chi connectivity index (χ3n) is 4.15. The number of nitrogens with two attached hydrogens (primary N) is 1. The number of anilines is 1. The van der Waals surface area contributed by atoms with Crippen molar-refractivity contribution in [2.24, 2.45) is 0 Å². The standard InChI is InChI=1S/C18H15N5O3/c1-10-3-4-13(26-10)16-14-15(20-18(19)21-16)12(22(2)17(14)24)9-11-5-7-23(25)8-6-11/h3-9H,1-2H3,(H2,19,20,21). The first kappa shape index (κ1) is 15.8. The molecule has 0 radical (unpaired) electrons. The maximum atomic E-state index is 12.8. The molecule has 3 aromatic heterocycles. The Labute approximate surface area is 148 Å². The highest BCUT2D eigenvalue weighted by Gasteiger charge is 2.36. The lowest BCUT2D eigenvalue weighted by Crippen LogP contribution is -2.23. The van der Waals surface area contributed by atoms with Gasteiger partial charge in [-0.1, -0.05) is 0 Å². The number of carbonyl (C=O) groups is 1. The summed E-state index contributed by atoms with van der Waals surface area (Å²) < 4.78 is 6.32. The molecule has 0 saturated heterocycles.